The van der Waals surface area contributed by atoms with Crippen LogP contribution in [0.3, 0.4) is 0 Å². The first-order chi connectivity index (χ1) is 11.8. The topological polar surface area (TPSA) is 93.4 Å². The van der Waals surface area contributed by atoms with Crippen LogP contribution in [0.1, 0.15) is 12.8 Å². The van der Waals surface area contributed by atoms with E-state index >= 15 is 0 Å². The van der Waals surface area contributed by atoms with Gasteiger partial charge in [0, 0.05) is 40.2 Å². The number of benzene rings is 1. The Balaban J connectivity index is 1.91. The molecular weight excluding hydrogens is 344 g/mol. The zero-order valence-electron chi connectivity index (χ0n) is 14.5. The highest BCUT2D eigenvalue weighted by atomic mass is 32.2. The van der Waals surface area contributed by atoms with Crippen LogP contribution in [0, 0.1) is 5.92 Å². The van der Waals surface area contributed by atoms with E-state index in [1.54, 1.807) is 27.2 Å². The van der Waals surface area contributed by atoms with E-state index in [4.69, 9.17) is 0 Å². The molecule has 3 rings (SSSR count). The smallest absolute Gasteiger partial charge is 0.328 e. The summed E-state index contributed by atoms with van der Waals surface area (Å²) in [6.45, 7) is 0.623. The molecule has 0 aliphatic carbocycles. The van der Waals surface area contributed by atoms with Crippen molar-refractivity contribution in [2.45, 2.75) is 17.7 Å². The van der Waals surface area contributed by atoms with E-state index in [-0.39, 0.29) is 22.4 Å². The number of piperidine rings is 1. The van der Waals surface area contributed by atoms with Gasteiger partial charge < -0.3 is 5.32 Å². The molecule has 1 aromatic carbocycles. The van der Waals surface area contributed by atoms with E-state index in [0.29, 0.717) is 37.0 Å². The summed E-state index contributed by atoms with van der Waals surface area (Å²) in [5.41, 5.74) is 1.06. The zero-order chi connectivity index (χ0) is 18.4. The first-order valence-corrected chi connectivity index (χ1v) is 9.58. The molecule has 136 valence electrons. The number of aromatic nitrogens is 2. The number of sulfonamides is 1. The van der Waals surface area contributed by atoms with Gasteiger partial charge in [-0.1, -0.05) is 0 Å². The second-order valence-corrected chi connectivity index (χ2v) is 8.28. The first-order valence-electron chi connectivity index (χ1n) is 8.14. The van der Waals surface area contributed by atoms with Crippen LogP contribution in [-0.2, 0) is 28.9 Å². The Morgan fingerprint density at radius 1 is 1.12 bits per heavy atom. The molecule has 0 radical (unpaired) electrons. The molecule has 1 fully saturated rings. The third-order valence-electron chi connectivity index (χ3n) is 4.95. The number of hydrogen-bond donors (Lipinski definition) is 1. The highest BCUT2D eigenvalue weighted by Crippen LogP contribution is 2.25. The average molecular weight is 366 g/mol. The maximum absolute atomic E-state index is 12.9. The van der Waals surface area contributed by atoms with Crippen molar-refractivity contribution in [2.75, 3.05) is 20.1 Å². The lowest BCUT2D eigenvalue weighted by Gasteiger charge is -2.30. The van der Waals surface area contributed by atoms with E-state index in [1.165, 1.54) is 25.6 Å². The SMILES string of the molecule is CNC(=O)C1CCN(S(=O)(=O)c2ccc3c(c2)n(C)c(=O)n3C)CC1. The number of carbonyl (C=O) groups excluding carboxylic acids is 1. The summed E-state index contributed by atoms with van der Waals surface area (Å²) in [4.78, 5) is 23.9. The minimum absolute atomic E-state index is 0.0437. The highest BCUT2D eigenvalue weighted by Gasteiger charge is 2.32. The molecule has 1 aliphatic rings. The molecule has 2 aromatic rings. The van der Waals surface area contributed by atoms with Gasteiger partial charge in [-0.2, -0.15) is 4.31 Å². The number of nitrogens with one attached hydrogen (secondary N) is 1. The molecule has 1 saturated heterocycles. The normalized spacial score (nSPS) is 17.1. The molecule has 0 unspecified atom stereocenters. The average Bonchev–Trinajstić information content (AvgIpc) is 2.85. The van der Waals surface area contributed by atoms with E-state index in [1.807, 2.05) is 0 Å². The first kappa shape index (κ1) is 17.7. The fourth-order valence-corrected chi connectivity index (χ4v) is 4.85. The van der Waals surface area contributed by atoms with Gasteiger partial charge in [-0.15, -0.1) is 0 Å². The third kappa shape index (κ3) is 2.87. The van der Waals surface area contributed by atoms with E-state index in [0.717, 1.165) is 0 Å². The highest BCUT2D eigenvalue weighted by molar-refractivity contribution is 7.89. The number of fused-ring (bicyclic) bond motifs is 1. The Hall–Kier alpha value is -2.13. The second-order valence-electron chi connectivity index (χ2n) is 6.34. The van der Waals surface area contributed by atoms with Gasteiger partial charge in [0.25, 0.3) is 0 Å². The van der Waals surface area contributed by atoms with Gasteiger partial charge in [-0.25, -0.2) is 13.2 Å². The standard InChI is InChI=1S/C16H22N4O4S/c1-17-15(21)11-6-8-20(9-7-11)25(23,24)12-4-5-13-14(10-12)19(3)16(22)18(13)2/h4-5,10-11H,6-9H2,1-3H3,(H,17,21). The molecular formula is C16H22N4O4S. The van der Waals surface area contributed by atoms with Crippen molar-refractivity contribution in [1.82, 2.24) is 18.8 Å². The van der Waals surface area contributed by atoms with Crippen molar-refractivity contribution in [3.63, 3.8) is 0 Å². The molecule has 1 aliphatic heterocycles. The summed E-state index contributed by atoms with van der Waals surface area (Å²) in [7, 11) is 1.21. The van der Waals surface area contributed by atoms with Crippen LogP contribution >= 0.6 is 0 Å². The number of imidazole rings is 1. The fraction of sp³-hybridized carbons (Fsp3) is 0.500. The Kier molecular flexibility index (Phi) is 4.46. The number of aryl methyl sites for hydroxylation is 2. The van der Waals surface area contributed by atoms with Gasteiger partial charge >= 0.3 is 5.69 Å². The van der Waals surface area contributed by atoms with Crippen LogP contribution in [0.25, 0.3) is 11.0 Å². The van der Waals surface area contributed by atoms with Gasteiger partial charge in [0.15, 0.2) is 0 Å². The molecule has 0 spiro atoms. The van der Waals surface area contributed by atoms with Gasteiger partial charge in [0.05, 0.1) is 15.9 Å². The van der Waals surface area contributed by atoms with Crippen LogP contribution in [-0.4, -0.2) is 47.9 Å². The van der Waals surface area contributed by atoms with Gasteiger partial charge in [0.2, 0.25) is 15.9 Å². The Morgan fingerprint density at radius 2 is 1.72 bits per heavy atom. The zero-order valence-corrected chi connectivity index (χ0v) is 15.3. The summed E-state index contributed by atoms with van der Waals surface area (Å²) in [6, 6.07) is 4.72. The fourth-order valence-electron chi connectivity index (χ4n) is 3.36. The van der Waals surface area contributed by atoms with Crippen molar-refractivity contribution < 1.29 is 13.2 Å². The lowest BCUT2D eigenvalue weighted by molar-refractivity contribution is -0.125. The van der Waals surface area contributed by atoms with Crippen molar-refractivity contribution in [2.24, 2.45) is 20.0 Å². The number of nitrogens with zero attached hydrogens (tertiary/aromatic N) is 3. The minimum atomic E-state index is -3.65. The van der Waals surface area contributed by atoms with Crippen LogP contribution in [0.4, 0.5) is 0 Å². The van der Waals surface area contributed by atoms with E-state index < -0.39 is 10.0 Å². The van der Waals surface area contributed by atoms with Gasteiger partial charge in [-0.05, 0) is 31.0 Å². The van der Waals surface area contributed by atoms with Crippen molar-refractivity contribution in [1.29, 1.82) is 0 Å². The largest absolute Gasteiger partial charge is 0.359 e. The van der Waals surface area contributed by atoms with E-state index in [2.05, 4.69) is 5.32 Å². The molecule has 0 bridgehead atoms. The number of rotatable bonds is 3. The lowest BCUT2D eigenvalue weighted by atomic mass is 9.97. The molecule has 2 heterocycles. The lowest BCUT2D eigenvalue weighted by Crippen LogP contribution is -2.42. The molecule has 0 atom stereocenters. The van der Waals surface area contributed by atoms with Crippen LogP contribution in [0.5, 0.6) is 0 Å². The molecule has 0 saturated carbocycles. The Bertz CT molecular complexity index is 981. The number of hydrogen-bond acceptors (Lipinski definition) is 4. The monoisotopic (exact) mass is 366 g/mol. The van der Waals surface area contributed by atoms with Gasteiger partial charge in [-0.3, -0.25) is 13.9 Å². The van der Waals surface area contributed by atoms with Crippen LogP contribution < -0.4 is 11.0 Å². The Morgan fingerprint density at radius 3 is 2.32 bits per heavy atom. The molecule has 1 N–H and O–H groups in total. The number of carbonyl (C=O) groups is 1. The van der Waals surface area contributed by atoms with Crippen molar-refractivity contribution >= 4 is 27.0 Å². The van der Waals surface area contributed by atoms with E-state index in [9.17, 15) is 18.0 Å². The van der Waals surface area contributed by atoms with Crippen molar-refractivity contribution in [3.8, 4) is 0 Å². The summed E-state index contributed by atoms with van der Waals surface area (Å²) in [5, 5.41) is 2.61. The van der Waals surface area contributed by atoms with Crippen LogP contribution in [0.2, 0.25) is 0 Å². The molecule has 9 heteroatoms. The summed E-state index contributed by atoms with van der Waals surface area (Å²) < 4.78 is 30.2. The van der Waals surface area contributed by atoms with Crippen LogP contribution in [0.15, 0.2) is 27.9 Å². The summed E-state index contributed by atoms with van der Waals surface area (Å²) in [6.07, 6.45) is 1.01. The van der Waals surface area contributed by atoms with Crippen molar-refractivity contribution in [3.05, 3.63) is 28.7 Å². The quantitative estimate of drug-likeness (QED) is 0.829. The number of amides is 1. The predicted molar refractivity (Wildman–Crippen MR) is 93.7 cm³/mol. The molecule has 1 aromatic heterocycles. The maximum atomic E-state index is 12.9. The predicted octanol–water partition coefficient (Wildman–Crippen LogP) is 0.0237. The second kappa shape index (κ2) is 6.30. The Labute approximate surface area is 146 Å². The third-order valence-corrected chi connectivity index (χ3v) is 6.85. The summed E-state index contributed by atoms with van der Waals surface area (Å²) in [5.74, 6) is -0.188. The minimum Gasteiger partial charge on any atom is -0.359 e. The molecule has 1 amide bonds. The van der Waals surface area contributed by atoms with Gasteiger partial charge in [0.1, 0.15) is 0 Å². The maximum Gasteiger partial charge on any atom is 0.328 e. The molecule has 8 nitrogen and oxygen atoms in total. The molecule has 25 heavy (non-hydrogen) atoms. The summed E-state index contributed by atoms with van der Waals surface area (Å²) >= 11 is 0.